The van der Waals surface area contributed by atoms with Crippen molar-refractivity contribution in [3.05, 3.63) is 30.1 Å². The molecular formula is C13H14FN3O. The molecule has 1 aromatic rings. The molecule has 1 aromatic carbocycles. The number of benzene rings is 1. The Kier molecular flexibility index (Phi) is 3.90. The van der Waals surface area contributed by atoms with Gasteiger partial charge in [-0.05, 0) is 37.1 Å². The van der Waals surface area contributed by atoms with Gasteiger partial charge in [-0.2, -0.15) is 5.26 Å². The fraction of sp³-hybridized carbons (Fsp3) is 0.385. The molecule has 2 rings (SSSR count). The van der Waals surface area contributed by atoms with Crippen LogP contribution in [-0.4, -0.2) is 29.9 Å². The SMILES string of the molecule is N#CC1CCCN1CC(=O)Nc1ccc(F)cc1. The van der Waals surface area contributed by atoms with Gasteiger partial charge in [-0.25, -0.2) is 4.39 Å². The van der Waals surface area contributed by atoms with E-state index in [1.165, 1.54) is 24.3 Å². The van der Waals surface area contributed by atoms with Gasteiger partial charge in [0, 0.05) is 12.2 Å². The quantitative estimate of drug-likeness (QED) is 0.885. The second-order valence-electron chi connectivity index (χ2n) is 4.31. The number of nitriles is 1. The first-order valence-corrected chi connectivity index (χ1v) is 5.88. The maximum absolute atomic E-state index is 12.7. The molecule has 18 heavy (non-hydrogen) atoms. The van der Waals surface area contributed by atoms with E-state index < -0.39 is 0 Å². The predicted octanol–water partition coefficient (Wildman–Crippen LogP) is 1.75. The zero-order chi connectivity index (χ0) is 13.0. The molecule has 1 aliphatic rings. The molecule has 0 aromatic heterocycles. The molecule has 4 nitrogen and oxygen atoms in total. The van der Waals surface area contributed by atoms with E-state index in [1.807, 2.05) is 4.90 Å². The molecule has 1 atom stereocenters. The maximum Gasteiger partial charge on any atom is 0.238 e. The molecule has 0 saturated carbocycles. The van der Waals surface area contributed by atoms with Gasteiger partial charge in [0.15, 0.2) is 0 Å². The van der Waals surface area contributed by atoms with E-state index >= 15 is 0 Å². The number of anilines is 1. The molecule has 1 amide bonds. The van der Waals surface area contributed by atoms with Crippen molar-refractivity contribution in [2.24, 2.45) is 0 Å². The van der Waals surface area contributed by atoms with Gasteiger partial charge in [-0.1, -0.05) is 0 Å². The summed E-state index contributed by atoms with van der Waals surface area (Å²) in [5, 5.41) is 11.6. The lowest BCUT2D eigenvalue weighted by atomic mass is 10.2. The number of nitrogens with one attached hydrogen (secondary N) is 1. The number of hydrogen-bond acceptors (Lipinski definition) is 3. The smallest absolute Gasteiger partial charge is 0.238 e. The van der Waals surface area contributed by atoms with E-state index in [4.69, 9.17) is 5.26 Å². The average molecular weight is 247 g/mol. The van der Waals surface area contributed by atoms with Crippen LogP contribution < -0.4 is 5.32 Å². The second kappa shape index (κ2) is 5.61. The Hall–Kier alpha value is -1.93. The molecule has 0 aliphatic carbocycles. The number of rotatable bonds is 3. The third-order valence-corrected chi connectivity index (χ3v) is 2.99. The molecule has 0 spiro atoms. The van der Waals surface area contributed by atoms with Gasteiger partial charge in [0.2, 0.25) is 5.91 Å². The van der Waals surface area contributed by atoms with Crippen molar-refractivity contribution in [1.82, 2.24) is 4.90 Å². The summed E-state index contributed by atoms with van der Waals surface area (Å²) in [4.78, 5) is 13.6. The molecule has 1 heterocycles. The normalized spacial score (nSPS) is 19.4. The van der Waals surface area contributed by atoms with E-state index in [-0.39, 0.29) is 24.3 Å². The molecule has 1 fully saturated rings. The third-order valence-electron chi connectivity index (χ3n) is 2.99. The van der Waals surface area contributed by atoms with Gasteiger partial charge in [-0.3, -0.25) is 9.69 Å². The van der Waals surface area contributed by atoms with Crippen molar-refractivity contribution in [1.29, 1.82) is 5.26 Å². The Morgan fingerprint density at radius 1 is 1.50 bits per heavy atom. The molecule has 0 radical (unpaired) electrons. The fourth-order valence-electron chi connectivity index (χ4n) is 2.08. The van der Waals surface area contributed by atoms with Gasteiger partial charge in [0.1, 0.15) is 5.82 Å². The molecule has 1 N–H and O–H groups in total. The van der Waals surface area contributed by atoms with Crippen molar-refractivity contribution in [2.75, 3.05) is 18.4 Å². The Balaban J connectivity index is 1.89. The zero-order valence-electron chi connectivity index (χ0n) is 9.90. The minimum Gasteiger partial charge on any atom is -0.325 e. The van der Waals surface area contributed by atoms with Crippen LogP contribution in [-0.2, 0) is 4.79 Å². The van der Waals surface area contributed by atoms with Gasteiger partial charge in [0.05, 0.1) is 18.7 Å². The summed E-state index contributed by atoms with van der Waals surface area (Å²) in [6.45, 7) is 0.977. The lowest BCUT2D eigenvalue weighted by molar-refractivity contribution is -0.117. The number of carbonyl (C=O) groups excluding carboxylic acids is 1. The highest BCUT2D eigenvalue weighted by Gasteiger charge is 2.25. The minimum atomic E-state index is -0.336. The highest BCUT2D eigenvalue weighted by atomic mass is 19.1. The number of amides is 1. The van der Waals surface area contributed by atoms with Crippen molar-refractivity contribution in [2.45, 2.75) is 18.9 Å². The summed E-state index contributed by atoms with van der Waals surface area (Å²) in [5.41, 5.74) is 0.564. The summed E-state index contributed by atoms with van der Waals surface area (Å²) in [6, 6.07) is 7.64. The predicted molar refractivity (Wildman–Crippen MR) is 65.2 cm³/mol. The number of carbonyl (C=O) groups is 1. The summed E-state index contributed by atoms with van der Waals surface area (Å²) < 4.78 is 12.7. The summed E-state index contributed by atoms with van der Waals surface area (Å²) >= 11 is 0. The lowest BCUT2D eigenvalue weighted by Gasteiger charge is -2.18. The Bertz CT molecular complexity index is 466. The van der Waals surface area contributed by atoms with Gasteiger partial charge >= 0.3 is 0 Å². The number of halogens is 1. The maximum atomic E-state index is 12.7. The van der Waals surface area contributed by atoms with Crippen molar-refractivity contribution in [3.63, 3.8) is 0 Å². The Morgan fingerprint density at radius 2 is 2.22 bits per heavy atom. The van der Waals surface area contributed by atoms with Crippen molar-refractivity contribution < 1.29 is 9.18 Å². The fourth-order valence-corrected chi connectivity index (χ4v) is 2.08. The molecule has 94 valence electrons. The van der Waals surface area contributed by atoms with Crippen molar-refractivity contribution >= 4 is 11.6 Å². The van der Waals surface area contributed by atoms with Gasteiger partial charge in [-0.15, -0.1) is 0 Å². The summed E-state index contributed by atoms with van der Waals surface area (Å²) in [6.07, 6.45) is 1.77. The summed E-state index contributed by atoms with van der Waals surface area (Å²) in [7, 11) is 0. The Labute approximate surface area is 105 Å². The third kappa shape index (κ3) is 3.05. The van der Waals surface area contributed by atoms with E-state index in [2.05, 4.69) is 11.4 Å². The number of hydrogen-bond donors (Lipinski definition) is 1. The largest absolute Gasteiger partial charge is 0.325 e. The van der Waals surface area contributed by atoms with Crippen LogP contribution in [0, 0.1) is 17.1 Å². The van der Waals surface area contributed by atoms with Crippen LogP contribution in [0.3, 0.4) is 0 Å². The molecule has 0 bridgehead atoms. The standard InChI is InChI=1S/C13H14FN3O/c14-10-3-5-11(6-4-10)16-13(18)9-17-7-1-2-12(17)8-15/h3-6,12H,1-2,7,9H2,(H,16,18). The first kappa shape index (κ1) is 12.5. The van der Waals surface area contributed by atoms with Crippen LogP contribution in [0.4, 0.5) is 10.1 Å². The minimum absolute atomic E-state index is 0.163. The first-order valence-electron chi connectivity index (χ1n) is 5.88. The zero-order valence-corrected chi connectivity index (χ0v) is 9.90. The van der Waals surface area contributed by atoms with Crippen LogP contribution >= 0.6 is 0 Å². The van der Waals surface area contributed by atoms with E-state index in [1.54, 1.807) is 0 Å². The van der Waals surface area contributed by atoms with E-state index in [9.17, 15) is 9.18 Å². The lowest BCUT2D eigenvalue weighted by Crippen LogP contribution is -2.36. The van der Waals surface area contributed by atoms with E-state index in [0.717, 1.165) is 19.4 Å². The average Bonchev–Trinajstić information content (AvgIpc) is 2.79. The number of likely N-dealkylation sites (tertiary alicyclic amines) is 1. The van der Waals surface area contributed by atoms with Crippen LogP contribution in [0.5, 0.6) is 0 Å². The second-order valence-corrected chi connectivity index (χ2v) is 4.31. The van der Waals surface area contributed by atoms with Crippen LogP contribution in [0.15, 0.2) is 24.3 Å². The van der Waals surface area contributed by atoms with Gasteiger partial charge < -0.3 is 5.32 Å². The van der Waals surface area contributed by atoms with Crippen LogP contribution in [0.2, 0.25) is 0 Å². The highest BCUT2D eigenvalue weighted by molar-refractivity contribution is 5.92. The van der Waals surface area contributed by atoms with Crippen molar-refractivity contribution in [3.8, 4) is 6.07 Å². The first-order chi connectivity index (χ1) is 8.69. The molecular weight excluding hydrogens is 233 g/mol. The highest BCUT2D eigenvalue weighted by Crippen LogP contribution is 2.16. The van der Waals surface area contributed by atoms with Crippen LogP contribution in [0.25, 0.3) is 0 Å². The van der Waals surface area contributed by atoms with Crippen LogP contribution in [0.1, 0.15) is 12.8 Å². The molecule has 1 unspecified atom stereocenters. The topological polar surface area (TPSA) is 56.1 Å². The molecule has 1 saturated heterocycles. The van der Waals surface area contributed by atoms with Gasteiger partial charge in [0.25, 0.3) is 0 Å². The summed E-state index contributed by atoms with van der Waals surface area (Å²) in [5.74, 6) is -0.513. The molecule has 5 heteroatoms. The molecule has 1 aliphatic heterocycles. The van der Waals surface area contributed by atoms with E-state index in [0.29, 0.717) is 5.69 Å². The number of nitrogens with zero attached hydrogens (tertiary/aromatic N) is 2. The Morgan fingerprint density at radius 3 is 2.89 bits per heavy atom. The monoisotopic (exact) mass is 247 g/mol.